The van der Waals surface area contributed by atoms with E-state index in [1.807, 2.05) is 6.07 Å². The average molecular weight is 705 g/mol. The molecule has 2 heteroatoms. The SMILES string of the molecule is CC12C=CC=CC1C1C=CC=CC1c1cc(-c3ccccc3-c3ccccc3-c3nc(-c4ccccc4)cc(-c4cccc(-c5ccccc5)c4)n3)ccc12. The van der Waals surface area contributed by atoms with Gasteiger partial charge in [0.25, 0.3) is 0 Å². The summed E-state index contributed by atoms with van der Waals surface area (Å²) in [6.07, 6.45) is 18.6. The summed E-state index contributed by atoms with van der Waals surface area (Å²) >= 11 is 0. The van der Waals surface area contributed by atoms with E-state index in [0.717, 1.165) is 44.8 Å². The van der Waals surface area contributed by atoms with Crippen LogP contribution in [0.25, 0.3) is 67.3 Å². The molecule has 1 aromatic heterocycles. The molecule has 0 radical (unpaired) electrons. The fourth-order valence-electron chi connectivity index (χ4n) is 9.17. The van der Waals surface area contributed by atoms with E-state index in [2.05, 4.69) is 207 Å². The smallest absolute Gasteiger partial charge is 0.161 e. The lowest BCUT2D eigenvalue weighted by atomic mass is 9.54. The zero-order valence-electron chi connectivity index (χ0n) is 30.8. The summed E-state index contributed by atoms with van der Waals surface area (Å²) in [7, 11) is 0. The summed E-state index contributed by atoms with van der Waals surface area (Å²) in [5, 5.41) is 0. The van der Waals surface area contributed by atoms with E-state index >= 15 is 0 Å². The molecule has 3 aliphatic carbocycles. The molecule has 0 bridgehead atoms. The van der Waals surface area contributed by atoms with Crippen LogP contribution in [0.1, 0.15) is 24.0 Å². The minimum absolute atomic E-state index is 0.0507. The summed E-state index contributed by atoms with van der Waals surface area (Å²) < 4.78 is 0. The topological polar surface area (TPSA) is 25.8 Å². The molecule has 0 fully saturated rings. The highest BCUT2D eigenvalue weighted by Gasteiger charge is 2.46. The van der Waals surface area contributed by atoms with Crippen molar-refractivity contribution >= 4 is 0 Å². The Morgan fingerprint density at radius 2 is 1.04 bits per heavy atom. The molecular formula is C53H40N2. The number of allylic oxidation sites excluding steroid dienone is 8. The van der Waals surface area contributed by atoms with Crippen molar-refractivity contribution in [3.8, 4) is 67.3 Å². The van der Waals surface area contributed by atoms with Crippen molar-refractivity contribution in [2.24, 2.45) is 11.8 Å². The van der Waals surface area contributed by atoms with E-state index in [1.165, 1.54) is 27.8 Å². The Morgan fingerprint density at radius 1 is 0.436 bits per heavy atom. The van der Waals surface area contributed by atoms with Crippen LogP contribution in [0.15, 0.2) is 206 Å². The molecule has 3 aliphatic rings. The van der Waals surface area contributed by atoms with E-state index < -0.39 is 0 Å². The van der Waals surface area contributed by atoms with E-state index in [4.69, 9.17) is 9.97 Å². The standard InChI is InChI=1S/C53H40N2/c1-53-32-15-14-29-48(53)45-27-12-10-26-44(45)47-34-39(30-31-49(47)53)41-23-8-9-24-42(41)43-25-11-13-28-46(43)52-54-50(37-19-6-3-7-20-37)35-51(55-52)40-22-16-21-38(33-40)36-17-4-2-5-18-36/h2-35,44-45,48H,1H3. The molecule has 0 saturated heterocycles. The van der Waals surface area contributed by atoms with Gasteiger partial charge in [0.1, 0.15) is 0 Å². The van der Waals surface area contributed by atoms with Crippen molar-refractivity contribution in [2.75, 3.05) is 0 Å². The van der Waals surface area contributed by atoms with Gasteiger partial charge in [0.05, 0.1) is 11.4 Å². The zero-order valence-corrected chi connectivity index (χ0v) is 30.8. The molecule has 10 rings (SSSR count). The Bertz CT molecular complexity index is 2680. The Labute approximate surface area is 323 Å². The van der Waals surface area contributed by atoms with Crippen molar-refractivity contribution in [3.63, 3.8) is 0 Å². The highest BCUT2D eigenvalue weighted by molar-refractivity contribution is 5.91. The number of aromatic nitrogens is 2. The quantitative estimate of drug-likeness (QED) is 0.172. The van der Waals surface area contributed by atoms with Gasteiger partial charge < -0.3 is 0 Å². The molecule has 0 saturated carbocycles. The molecule has 0 spiro atoms. The van der Waals surface area contributed by atoms with Gasteiger partial charge in [-0.1, -0.05) is 201 Å². The van der Waals surface area contributed by atoms with Crippen LogP contribution >= 0.6 is 0 Å². The Kier molecular flexibility index (Phi) is 8.18. The third kappa shape index (κ3) is 5.82. The molecule has 4 atom stereocenters. The third-order valence-electron chi connectivity index (χ3n) is 11.9. The largest absolute Gasteiger partial charge is 0.228 e. The van der Waals surface area contributed by atoms with Gasteiger partial charge in [-0.2, -0.15) is 0 Å². The first kappa shape index (κ1) is 33.0. The van der Waals surface area contributed by atoms with Crippen molar-refractivity contribution in [3.05, 3.63) is 217 Å². The maximum absolute atomic E-state index is 5.33. The molecule has 55 heavy (non-hydrogen) atoms. The van der Waals surface area contributed by atoms with Gasteiger partial charge in [0.15, 0.2) is 5.82 Å². The Balaban J connectivity index is 1.11. The van der Waals surface area contributed by atoms with Gasteiger partial charge >= 0.3 is 0 Å². The van der Waals surface area contributed by atoms with Gasteiger partial charge in [0.2, 0.25) is 0 Å². The van der Waals surface area contributed by atoms with E-state index in [1.54, 1.807) is 0 Å². The van der Waals surface area contributed by atoms with Crippen molar-refractivity contribution in [1.29, 1.82) is 0 Å². The van der Waals surface area contributed by atoms with Crippen molar-refractivity contribution in [1.82, 2.24) is 9.97 Å². The molecule has 0 amide bonds. The fraction of sp³-hybridized carbons (Fsp3) is 0.0943. The van der Waals surface area contributed by atoms with Crippen LogP contribution in [0, 0.1) is 11.8 Å². The second-order valence-corrected chi connectivity index (χ2v) is 15.1. The predicted octanol–water partition coefficient (Wildman–Crippen LogP) is 13.3. The van der Waals surface area contributed by atoms with Crippen LogP contribution in [-0.4, -0.2) is 9.97 Å². The molecule has 0 N–H and O–H groups in total. The summed E-state index contributed by atoms with van der Waals surface area (Å²) in [5.41, 5.74) is 14.7. The van der Waals surface area contributed by atoms with Crippen LogP contribution < -0.4 is 0 Å². The summed E-state index contributed by atoms with van der Waals surface area (Å²) in [4.78, 5) is 10.6. The van der Waals surface area contributed by atoms with Crippen LogP contribution in [0.4, 0.5) is 0 Å². The second-order valence-electron chi connectivity index (χ2n) is 15.1. The average Bonchev–Trinajstić information content (AvgIpc) is 3.27. The number of hydrogen-bond donors (Lipinski definition) is 0. The molecule has 262 valence electrons. The second kappa shape index (κ2) is 13.6. The molecule has 1 heterocycles. The summed E-state index contributed by atoms with van der Waals surface area (Å²) in [5.74, 6) is 1.89. The first-order valence-electron chi connectivity index (χ1n) is 19.3. The maximum Gasteiger partial charge on any atom is 0.161 e. The normalized spacial score (nSPS) is 20.4. The van der Waals surface area contributed by atoms with Gasteiger partial charge in [-0.05, 0) is 68.5 Å². The lowest BCUT2D eigenvalue weighted by Crippen LogP contribution is -2.42. The van der Waals surface area contributed by atoms with E-state index in [-0.39, 0.29) is 5.41 Å². The van der Waals surface area contributed by atoms with E-state index in [0.29, 0.717) is 23.6 Å². The molecule has 0 aliphatic heterocycles. The molecule has 7 aromatic rings. The number of hydrogen-bond acceptors (Lipinski definition) is 2. The summed E-state index contributed by atoms with van der Waals surface area (Å²) in [6, 6.07) is 56.4. The first-order valence-corrected chi connectivity index (χ1v) is 19.3. The predicted molar refractivity (Wildman–Crippen MR) is 228 cm³/mol. The third-order valence-corrected chi connectivity index (χ3v) is 11.9. The van der Waals surface area contributed by atoms with Crippen molar-refractivity contribution in [2.45, 2.75) is 18.3 Å². The monoisotopic (exact) mass is 704 g/mol. The van der Waals surface area contributed by atoms with Crippen molar-refractivity contribution < 1.29 is 0 Å². The highest BCUT2D eigenvalue weighted by Crippen LogP contribution is 2.55. The lowest BCUT2D eigenvalue weighted by Gasteiger charge is -2.49. The fourth-order valence-corrected chi connectivity index (χ4v) is 9.17. The molecule has 6 aromatic carbocycles. The van der Waals surface area contributed by atoms with Crippen LogP contribution in [-0.2, 0) is 5.41 Å². The van der Waals surface area contributed by atoms with Crippen LogP contribution in [0.5, 0.6) is 0 Å². The first-order chi connectivity index (χ1) is 27.1. The van der Waals surface area contributed by atoms with E-state index in [9.17, 15) is 0 Å². The molecule has 4 unspecified atom stereocenters. The Hall–Kier alpha value is -6.64. The highest BCUT2D eigenvalue weighted by atomic mass is 14.9. The Morgan fingerprint density at radius 3 is 1.82 bits per heavy atom. The molecular weight excluding hydrogens is 665 g/mol. The number of rotatable bonds is 6. The number of nitrogens with zero attached hydrogens (tertiary/aromatic N) is 2. The van der Waals surface area contributed by atoms with Gasteiger partial charge in [-0.15, -0.1) is 0 Å². The minimum Gasteiger partial charge on any atom is -0.228 e. The summed E-state index contributed by atoms with van der Waals surface area (Å²) in [6.45, 7) is 2.42. The van der Waals surface area contributed by atoms with Gasteiger partial charge in [-0.3, -0.25) is 0 Å². The molecule has 2 nitrogen and oxygen atoms in total. The lowest BCUT2D eigenvalue weighted by molar-refractivity contribution is 0.287. The van der Waals surface area contributed by atoms with Gasteiger partial charge in [0, 0.05) is 28.0 Å². The number of fused-ring (bicyclic) bond motifs is 6. The van der Waals surface area contributed by atoms with Crippen LogP contribution in [0.2, 0.25) is 0 Å². The minimum atomic E-state index is -0.0507. The zero-order chi connectivity index (χ0) is 36.8. The maximum atomic E-state index is 5.33. The van der Waals surface area contributed by atoms with Gasteiger partial charge in [-0.25, -0.2) is 9.97 Å². The number of benzene rings is 6. The van der Waals surface area contributed by atoms with Crippen LogP contribution in [0.3, 0.4) is 0 Å².